The first-order valence-corrected chi connectivity index (χ1v) is 9.62. The number of amides is 1. The summed E-state index contributed by atoms with van der Waals surface area (Å²) in [7, 11) is 0. The van der Waals surface area contributed by atoms with Crippen molar-refractivity contribution in [2.45, 2.75) is 26.9 Å². The molecule has 1 aromatic heterocycles. The maximum atomic E-state index is 12.5. The number of para-hydroxylation sites is 2. The number of thiazole rings is 1. The molecule has 0 aliphatic carbocycles. The minimum absolute atomic E-state index is 0.178. The van der Waals surface area contributed by atoms with Crippen molar-refractivity contribution in [2.75, 3.05) is 11.9 Å². The Hall–Kier alpha value is -2.86. The fourth-order valence-corrected chi connectivity index (χ4v) is 3.74. The van der Waals surface area contributed by atoms with Crippen LogP contribution in [0.4, 0.5) is 5.13 Å². The van der Waals surface area contributed by atoms with Crippen molar-refractivity contribution in [2.24, 2.45) is 0 Å². The van der Waals surface area contributed by atoms with E-state index in [1.54, 1.807) is 6.07 Å². The van der Waals surface area contributed by atoms with Gasteiger partial charge in [-0.2, -0.15) is 0 Å². The number of nitrogens with one attached hydrogen (secondary N) is 1. The fourth-order valence-electron chi connectivity index (χ4n) is 3.03. The van der Waals surface area contributed by atoms with Gasteiger partial charge >= 0.3 is 0 Å². The topological polar surface area (TPSA) is 60.5 Å². The lowest BCUT2D eigenvalue weighted by molar-refractivity contribution is -0.125. The highest BCUT2D eigenvalue weighted by Crippen LogP contribution is 2.32. The molecule has 0 saturated carbocycles. The normalized spacial score (nSPS) is 15.4. The third-order valence-electron chi connectivity index (χ3n) is 4.65. The van der Waals surface area contributed by atoms with Crippen LogP contribution in [0, 0.1) is 20.8 Å². The van der Waals surface area contributed by atoms with Gasteiger partial charge in [-0.1, -0.05) is 18.2 Å². The van der Waals surface area contributed by atoms with Gasteiger partial charge in [-0.05, 0) is 55.7 Å². The van der Waals surface area contributed by atoms with Crippen molar-refractivity contribution >= 4 is 22.4 Å². The molecule has 27 heavy (non-hydrogen) atoms. The minimum atomic E-state index is -0.699. The van der Waals surface area contributed by atoms with E-state index in [1.165, 1.54) is 28.0 Å². The third kappa shape index (κ3) is 3.53. The molecule has 1 aliphatic heterocycles. The zero-order valence-corrected chi connectivity index (χ0v) is 16.2. The van der Waals surface area contributed by atoms with Gasteiger partial charge in [0.25, 0.3) is 5.91 Å². The van der Waals surface area contributed by atoms with Crippen molar-refractivity contribution in [3.05, 3.63) is 58.5 Å². The number of carbonyl (C=O) groups is 1. The Morgan fingerprint density at radius 1 is 1.11 bits per heavy atom. The second-order valence-corrected chi connectivity index (χ2v) is 7.50. The summed E-state index contributed by atoms with van der Waals surface area (Å²) in [5, 5.41) is 5.35. The Morgan fingerprint density at radius 3 is 2.67 bits per heavy atom. The number of benzene rings is 2. The molecular weight excluding hydrogens is 360 g/mol. The van der Waals surface area contributed by atoms with Crippen LogP contribution in [0.5, 0.6) is 11.5 Å². The smallest absolute Gasteiger partial charge is 0.270 e. The van der Waals surface area contributed by atoms with Crippen LogP contribution in [0.1, 0.15) is 16.7 Å². The van der Waals surface area contributed by atoms with Crippen LogP contribution in [0.25, 0.3) is 11.3 Å². The number of fused-ring (bicyclic) bond motifs is 1. The lowest BCUT2D eigenvalue weighted by atomic mass is 9.99. The monoisotopic (exact) mass is 380 g/mol. The van der Waals surface area contributed by atoms with Crippen LogP contribution in [-0.2, 0) is 4.79 Å². The molecule has 0 saturated heterocycles. The summed E-state index contributed by atoms with van der Waals surface area (Å²) in [4.78, 5) is 17.1. The Labute approximate surface area is 162 Å². The van der Waals surface area contributed by atoms with E-state index in [1.807, 2.05) is 23.6 Å². The van der Waals surface area contributed by atoms with E-state index in [0.29, 0.717) is 16.6 Å². The molecule has 2 heterocycles. The molecule has 0 radical (unpaired) electrons. The maximum Gasteiger partial charge on any atom is 0.270 e. The van der Waals surface area contributed by atoms with E-state index < -0.39 is 6.10 Å². The zero-order valence-electron chi connectivity index (χ0n) is 15.4. The molecule has 0 bridgehead atoms. The Balaban J connectivity index is 1.49. The molecule has 1 atom stereocenters. The van der Waals surface area contributed by atoms with E-state index in [2.05, 4.69) is 43.2 Å². The van der Waals surface area contributed by atoms with Gasteiger partial charge in [0.15, 0.2) is 16.6 Å². The SMILES string of the molecule is Cc1cc(C)c(-c2csc(NC(=O)[C@@H]3COc4ccccc4O3)n2)cc1C. The number of aromatic nitrogens is 1. The molecule has 5 nitrogen and oxygen atoms in total. The number of rotatable bonds is 3. The average Bonchev–Trinajstić information content (AvgIpc) is 3.12. The van der Waals surface area contributed by atoms with Crippen molar-refractivity contribution in [3.8, 4) is 22.8 Å². The fraction of sp³-hybridized carbons (Fsp3) is 0.238. The van der Waals surface area contributed by atoms with Gasteiger partial charge in [-0.3, -0.25) is 10.1 Å². The quantitative estimate of drug-likeness (QED) is 0.726. The number of nitrogens with zero attached hydrogens (tertiary/aromatic N) is 1. The molecule has 1 N–H and O–H groups in total. The Morgan fingerprint density at radius 2 is 1.85 bits per heavy atom. The van der Waals surface area contributed by atoms with Crippen LogP contribution >= 0.6 is 11.3 Å². The molecule has 0 spiro atoms. The van der Waals surface area contributed by atoms with E-state index in [-0.39, 0.29) is 12.5 Å². The predicted octanol–water partition coefficient (Wildman–Crippen LogP) is 4.51. The second kappa shape index (κ2) is 7.04. The highest BCUT2D eigenvalue weighted by Gasteiger charge is 2.28. The first-order valence-electron chi connectivity index (χ1n) is 8.74. The van der Waals surface area contributed by atoms with Crippen molar-refractivity contribution in [3.63, 3.8) is 0 Å². The summed E-state index contributed by atoms with van der Waals surface area (Å²) in [5.41, 5.74) is 5.60. The van der Waals surface area contributed by atoms with E-state index in [9.17, 15) is 4.79 Å². The number of carbonyl (C=O) groups excluding carboxylic acids is 1. The molecule has 1 aliphatic rings. The van der Waals surface area contributed by atoms with Crippen LogP contribution in [0.15, 0.2) is 41.8 Å². The van der Waals surface area contributed by atoms with Gasteiger partial charge in [0.1, 0.15) is 6.61 Å². The standard InChI is InChI=1S/C21H20N2O3S/c1-12-8-14(3)15(9-13(12)2)16-11-27-21(22-16)23-20(24)19-10-25-17-6-4-5-7-18(17)26-19/h4-9,11,19H,10H2,1-3H3,(H,22,23,24)/t19-/m0/s1. The summed E-state index contributed by atoms with van der Waals surface area (Å²) < 4.78 is 11.4. The summed E-state index contributed by atoms with van der Waals surface area (Å²) in [5.74, 6) is 0.972. The van der Waals surface area contributed by atoms with Crippen molar-refractivity contribution in [1.29, 1.82) is 0 Å². The molecule has 0 fully saturated rings. The highest BCUT2D eigenvalue weighted by molar-refractivity contribution is 7.14. The van der Waals surface area contributed by atoms with E-state index in [0.717, 1.165) is 11.3 Å². The van der Waals surface area contributed by atoms with Gasteiger partial charge in [-0.15, -0.1) is 11.3 Å². The number of hydrogen-bond acceptors (Lipinski definition) is 5. The van der Waals surface area contributed by atoms with Gasteiger partial charge < -0.3 is 9.47 Å². The number of ether oxygens (including phenoxy) is 2. The highest BCUT2D eigenvalue weighted by atomic mass is 32.1. The Kier molecular flexibility index (Phi) is 4.58. The molecular formula is C21H20N2O3S. The second-order valence-electron chi connectivity index (χ2n) is 6.64. The largest absolute Gasteiger partial charge is 0.485 e. The molecule has 0 unspecified atom stereocenters. The lowest BCUT2D eigenvalue weighted by Gasteiger charge is -2.25. The Bertz CT molecular complexity index is 1010. The number of hydrogen-bond donors (Lipinski definition) is 1. The molecule has 6 heteroatoms. The van der Waals surface area contributed by atoms with E-state index in [4.69, 9.17) is 9.47 Å². The van der Waals surface area contributed by atoms with Gasteiger partial charge in [0.2, 0.25) is 6.10 Å². The average molecular weight is 380 g/mol. The summed E-state index contributed by atoms with van der Waals surface area (Å²) >= 11 is 1.40. The summed E-state index contributed by atoms with van der Waals surface area (Å²) in [6, 6.07) is 11.6. The first kappa shape index (κ1) is 17.5. The van der Waals surface area contributed by atoms with Gasteiger partial charge in [-0.25, -0.2) is 4.98 Å². The minimum Gasteiger partial charge on any atom is -0.485 e. The third-order valence-corrected chi connectivity index (χ3v) is 5.41. The number of aryl methyl sites for hydroxylation is 3. The van der Waals surface area contributed by atoms with Crippen molar-refractivity contribution < 1.29 is 14.3 Å². The van der Waals surface area contributed by atoms with E-state index >= 15 is 0 Å². The summed E-state index contributed by atoms with van der Waals surface area (Å²) in [6.45, 7) is 6.44. The van der Waals surface area contributed by atoms with Crippen molar-refractivity contribution in [1.82, 2.24) is 4.98 Å². The lowest BCUT2D eigenvalue weighted by Crippen LogP contribution is -2.40. The molecule has 138 valence electrons. The molecule has 2 aromatic carbocycles. The summed E-state index contributed by atoms with van der Waals surface area (Å²) in [6.07, 6.45) is -0.699. The molecule has 1 amide bonds. The van der Waals surface area contributed by atoms with Gasteiger partial charge in [0, 0.05) is 10.9 Å². The molecule has 4 rings (SSSR count). The zero-order chi connectivity index (χ0) is 19.0. The van der Waals surface area contributed by atoms with Crippen LogP contribution in [0.2, 0.25) is 0 Å². The number of anilines is 1. The van der Waals surface area contributed by atoms with Crippen LogP contribution < -0.4 is 14.8 Å². The van der Waals surface area contributed by atoms with Crippen LogP contribution in [0.3, 0.4) is 0 Å². The predicted molar refractivity (Wildman–Crippen MR) is 107 cm³/mol. The van der Waals surface area contributed by atoms with Crippen LogP contribution in [-0.4, -0.2) is 23.6 Å². The molecule has 3 aromatic rings. The first-order chi connectivity index (χ1) is 13.0. The maximum absolute atomic E-state index is 12.5. The van der Waals surface area contributed by atoms with Gasteiger partial charge in [0.05, 0.1) is 5.69 Å².